The van der Waals surface area contributed by atoms with Crippen molar-refractivity contribution < 1.29 is 0 Å². The van der Waals surface area contributed by atoms with Crippen molar-refractivity contribution in [1.29, 1.82) is 0 Å². The molecule has 0 radical (unpaired) electrons. The van der Waals surface area contributed by atoms with Crippen LogP contribution < -0.4 is 5.73 Å². The molecule has 1 nitrogen and oxygen atoms in total. The Labute approximate surface area is 114 Å². The van der Waals surface area contributed by atoms with Crippen LogP contribution in [0.4, 0.5) is 5.69 Å². The van der Waals surface area contributed by atoms with Crippen LogP contribution in [0.1, 0.15) is 17.9 Å². The fourth-order valence-corrected chi connectivity index (χ4v) is 2.52. The molecule has 0 fully saturated rings. The summed E-state index contributed by atoms with van der Waals surface area (Å²) in [4.78, 5) is 0. The number of nitrogen functional groups attached to an aromatic ring is 1. The lowest BCUT2D eigenvalue weighted by molar-refractivity contribution is 0.855. The van der Waals surface area contributed by atoms with E-state index >= 15 is 0 Å². The van der Waals surface area contributed by atoms with E-state index in [4.69, 9.17) is 5.73 Å². The molecule has 0 aliphatic heterocycles. The van der Waals surface area contributed by atoms with Crippen LogP contribution in [0, 0.1) is 0 Å². The van der Waals surface area contributed by atoms with E-state index in [1.807, 2.05) is 12.1 Å². The predicted molar refractivity (Wildman–Crippen MR) is 81.9 cm³/mol. The third-order valence-electron chi connectivity index (χ3n) is 3.49. The van der Waals surface area contributed by atoms with Gasteiger partial charge in [-0.3, -0.25) is 0 Å². The third-order valence-corrected chi connectivity index (χ3v) is 3.49. The van der Waals surface area contributed by atoms with Gasteiger partial charge in [-0.15, -0.1) is 0 Å². The average Bonchev–Trinajstić information content (AvgIpc) is 2.48. The summed E-state index contributed by atoms with van der Waals surface area (Å²) in [5.74, 6) is 0.441. The largest absolute Gasteiger partial charge is 0.399 e. The molecule has 2 aromatic rings. The van der Waals surface area contributed by atoms with E-state index in [1.54, 1.807) is 0 Å². The zero-order valence-electron chi connectivity index (χ0n) is 10.8. The number of nitrogens with two attached hydrogens (primary N) is 1. The van der Waals surface area contributed by atoms with Gasteiger partial charge in [0.2, 0.25) is 0 Å². The minimum atomic E-state index is 0.441. The summed E-state index contributed by atoms with van der Waals surface area (Å²) >= 11 is 0. The van der Waals surface area contributed by atoms with Gasteiger partial charge in [0, 0.05) is 11.6 Å². The Bertz CT molecular complexity index is 623. The molecule has 0 amide bonds. The molecule has 0 unspecified atom stereocenters. The standard InChI is InChI=1S/C18H17N/c19-18-12-16(14-7-3-1-4-8-14)11-17(13-18)15-9-5-2-6-10-15/h1-9,11-13,15H,10,19H2/t15-/m0/s1. The number of hydrogen-bond donors (Lipinski definition) is 1. The Morgan fingerprint density at radius 1 is 0.895 bits per heavy atom. The monoisotopic (exact) mass is 247 g/mol. The van der Waals surface area contributed by atoms with Crippen LogP contribution in [0.25, 0.3) is 11.1 Å². The van der Waals surface area contributed by atoms with Crippen molar-refractivity contribution in [1.82, 2.24) is 0 Å². The Hall–Kier alpha value is -2.28. The van der Waals surface area contributed by atoms with Crippen LogP contribution in [-0.4, -0.2) is 0 Å². The molecular formula is C18H17N. The maximum atomic E-state index is 6.06. The van der Waals surface area contributed by atoms with Gasteiger partial charge in [0.25, 0.3) is 0 Å². The van der Waals surface area contributed by atoms with Crippen LogP contribution in [-0.2, 0) is 0 Å². The Balaban J connectivity index is 2.01. The summed E-state index contributed by atoms with van der Waals surface area (Å²) in [6.45, 7) is 0. The van der Waals surface area contributed by atoms with Crippen molar-refractivity contribution in [3.8, 4) is 11.1 Å². The highest BCUT2D eigenvalue weighted by atomic mass is 14.5. The number of allylic oxidation sites excluding steroid dienone is 4. The molecule has 0 bridgehead atoms. The predicted octanol–water partition coefficient (Wildman–Crippen LogP) is 4.54. The van der Waals surface area contributed by atoms with Crippen molar-refractivity contribution in [3.63, 3.8) is 0 Å². The average molecular weight is 247 g/mol. The van der Waals surface area contributed by atoms with Crippen molar-refractivity contribution in [3.05, 3.63) is 78.4 Å². The Kier molecular flexibility index (Phi) is 3.20. The quantitative estimate of drug-likeness (QED) is 0.775. The normalized spacial score (nSPS) is 17.6. The molecule has 3 rings (SSSR count). The maximum Gasteiger partial charge on any atom is 0.0323 e. The van der Waals surface area contributed by atoms with Gasteiger partial charge in [-0.1, -0.05) is 60.7 Å². The summed E-state index contributed by atoms with van der Waals surface area (Å²) < 4.78 is 0. The van der Waals surface area contributed by atoms with E-state index in [2.05, 4.69) is 60.7 Å². The molecule has 2 N–H and O–H groups in total. The number of hydrogen-bond acceptors (Lipinski definition) is 1. The second kappa shape index (κ2) is 5.15. The van der Waals surface area contributed by atoms with Gasteiger partial charge in [-0.05, 0) is 35.2 Å². The first-order chi connectivity index (χ1) is 9.33. The molecule has 1 heteroatoms. The summed E-state index contributed by atoms with van der Waals surface area (Å²) in [5, 5.41) is 0. The lowest BCUT2D eigenvalue weighted by atomic mass is 9.90. The number of benzene rings is 2. The first-order valence-corrected chi connectivity index (χ1v) is 6.62. The minimum absolute atomic E-state index is 0.441. The van der Waals surface area contributed by atoms with Crippen molar-refractivity contribution in [2.45, 2.75) is 12.3 Å². The van der Waals surface area contributed by atoms with Crippen LogP contribution in [0.3, 0.4) is 0 Å². The van der Waals surface area contributed by atoms with Crippen molar-refractivity contribution in [2.75, 3.05) is 5.73 Å². The summed E-state index contributed by atoms with van der Waals surface area (Å²) in [6.07, 6.45) is 9.70. The van der Waals surface area contributed by atoms with E-state index in [0.29, 0.717) is 5.92 Å². The van der Waals surface area contributed by atoms with Gasteiger partial charge in [0.1, 0.15) is 0 Å². The molecule has 0 heterocycles. The molecule has 0 saturated carbocycles. The molecule has 2 aromatic carbocycles. The Morgan fingerprint density at radius 2 is 1.74 bits per heavy atom. The lowest BCUT2D eigenvalue weighted by Gasteiger charge is -2.16. The van der Waals surface area contributed by atoms with E-state index in [9.17, 15) is 0 Å². The van der Waals surface area contributed by atoms with Crippen LogP contribution in [0.5, 0.6) is 0 Å². The molecule has 94 valence electrons. The topological polar surface area (TPSA) is 26.0 Å². The SMILES string of the molecule is Nc1cc(-c2ccccc2)cc([C@H]2C=CC=CC2)c1. The summed E-state index contributed by atoms with van der Waals surface area (Å²) in [7, 11) is 0. The van der Waals surface area contributed by atoms with Gasteiger partial charge >= 0.3 is 0 Å². The first kappa shape index (κ1) is 11.8. The molecule has 1 aliphatic carbocycles. The Morgan fingerprint density at radius 3 is 2.47 bits per heavy atom. The van der Waals surface area contributed by atoms with Crippen molar-refractivity contribution in [2.24, 2.45) is 0 Å². The molecule has 19 heavy (non-hydrogen) atoms. The smallest absolute Gasteiger partial charge is 0.0323 e. The van der Waals surface area contributed by atoms with Crippen LogP contribution in [0.2, 0.25) is 0 Å². The first-order valence-electron chi connectivity index (χ1n) is 6.62. The van der Waals surface area contributed by atoms with Gasteiger partial charge in [0.15, 0.2) is 0 Å². The highest BCUT2D eigenvalue weighted by Gasteiger charge is 2.10. The molecule has 0 aromatic heterocycles. The molecule has 1 aliphatic rings. The van der Waals surface area contributed by atoms with Gasteiger partial charge in [-0.2, -0.15) is 0 Å². The van der Waals surface area contributed by atoms with Crippen LogP contribution in [0.15, 0.2) is 72.8 Å². The van der Waals surface area contributed by atoms with E-state index < -0.39 is 0 Å². The molecule has 1 atom stereocenters. The highest BCUT2D eigenvalue weighted by Crippen LogP contribution is 2.30. The van der Waals surface area contributed by atoms with Gasteiger partial charge in [-0.25, -0.2) is 0 Å². The summed E-state index contributed by atoms with van der Waals surface area (Å²) in [6, 6.07) is 16.8. The third kappa shape index (κ3) is 2.60. The zero-order valence-corrected chi connectivity index (χ0v) is 10.8. The minimum Gasteiger partial charge on any atom is -0.399 e. The van der Waals surface area contributed by atoms with Crippen LogP contribution >= 0.6 is 0 Å². The highest BCUT2D eigenvalue weighted by molar-refractivity contribution is 5.69. The van der Waals surface area contributed by atoms with E-state index in [0.717, 1.165) is 12.1 Å². The van der Waals surface area contributed by atoms with E-state index in [1.165, 1.54) is 16.7 Å². The second-order valence-electron chi connectivity index (χ2n) is 4.91. The fourth-order valence-electron chi connectivity index (χ4n) is 2.52. The second-order valence-corrected chi connectivity index (χ2v) is 4.91. The van der Waals surface area contributed by atoms with E-state index in [-0.39, 0.29) is 0 Å². The number of anilines is 1. The molecule has 0 saturated heterocycles. The summed E-state index contributed by atoms with van der Waals surface area (Å²) in [5.41, 5.74) is 10.6. The maximum absolute atomic E-state index is 6.06. The van der Waals surface area contributed by atoms with Gasteiger partial charge in [0.05, 0.1) is 0 Å². The van der Waals surface area contributed by atoms with Gasteiger partial charge < -0.3 is 5.73 Å². The fraction of sp³-hybridized carbons (Fsp3) is 0.111. The zero-order chi connectivity index (χ0) is 13.1. The molecule has 0 spiro atoms. The lowest BCUT2D eigenvalue weighted by Crippen LogP contribution is -1.98. The number of rotatable bonds is 2. The molecular weight excluding hydrogens is 230 g/mol. The van der Waals surface area contributed by atoms with Crippen molar-refractivity contribution >= 4 is 5.69 Å².